The number of hydrogen-bond donors (Lipinski definition) is 3. The van der Waals surface area contributed by atoms with E-state index in [1.165, 1.54) is 18.2 Å². The molecule has 0 saturated carbocycles. The van der Waals surface area contributed by atoms with E-state index in [9.17, 15) is 25.3 Å². The third-order valence-corrected chi connectivity index (χ3v) is 14.5. The molecule has 0 saturated heterocycles. The highest BCUT2D eigenvalue weighted by molar-refractivity contribution is 7.93. The normalized spacial score (nSPS) is 11.4. The van der Waals surface area contributed by atoms with Crippen LogP contribution in [-0.2, 0) is 30.1 Å². The number of anilines is 3. The van der Waals surface area contributed by atoms with E-state index in [0.29, 0.717) is 48.8 Å². The lowest BCUT2D eigenvalue weighted by Crippen LogP contribution is -2.15. The second kappa shape index (κ2) is 19.9. The Morgan fingerprint density at radius 3 is 0.767 bits per heavy atom. The Morgan fingerprint density at radius 1 is 0.317 bits per heavy atom. The first-order valence-corrected chi connectivity index (χ1v) is 24.1. The molecule has 9 nitrogen and oxygen atoms in total. The van der Waals surface area contributed by atoms with Crippen molar-refractivity contribution in [2.24, 2.45) is 0 Å². The standard InChI is InChI=1S/3C15H16ClNO2S/c3*1-10-4-5-11(2)14(8-10)17-20(18,19)15-7-6-13(16)9-12(15)3/h3*4-9,17H,1-3H3. The fourth-order valence-electron chi connectivity index (χ4n) is 5.88. The van der Waals surface area contributed by atoms with Gasteiger partial charge in [-0.2, -0.15) is 0 Å². The Labute approximate surface area is 370 Å². The van der Waals surface area contributed by atoms with Gasteiger partial charge in [0.25, 0.3) is 30.1 Å². The molecule has 0 aliphatic carbocycles. The largest absolute Gasteiger partial charge is 0.279 e. The molecule has 0 amide bonds. The molecule has 0 atom stereocenters. The molecule has 0 unspecified atom stereocenters. The van der Waals surface area contributed by atoms with Crippen molar-refractivity contribution in [2.75, 3.05) is 14.2 Å². The Kier molecular flexibility index (Phi) is 15.9. The summed E-state index contributed by atoms with van der Waals surface area (Å²) in [5, 5.41) is 1.56. The lowest BCUT2D eigenvalue weighted by Gasteiger charge is -2.13. The summed E-state index contributed by atoms with van der Waals surface area (Å²) in [7, 11) is -10.8. The van der Waals surface area contributed by atoms with Gasteiger partial charge in [-0.25, -0.2) is 25.3 Å². The molecule has 3 N–H and O–H groups in total. The Balaban J connectivity index is 0.000000198. The Hall–Kier alpha value is -4.56. The van der Waals surface area contributed by atoms with Gasteiger partial charge >= 0.3 is 0 Å². The van der Waals surface area contributed by atoms with Gasteiger partial charge in [0, 0.05) is 15.1 Å². The van der Waals surface area contributed by atoms with E-state index < -0.39 is 30.1 Å². The lowest BCUT2D eigenvalue weighted by molar-refractivity contribution is 0.599. The monoisotopic (exact) mass is 927 g/mol. The number of hydrogen-bond acceptors (Lipinski definition) is 6. The van der Waals surface area contributed by atoms with Crippen molar-refractivity contribution >= 4 is 81.9 Å². The zero-order valence-corrected chi connectivity index (χ0v) is 39.4. The smallest absolute Gasteiger partial charge is 0.262 e. The van der Waals surface area contributed by atoms with Crippen molar-refractivity contribution in [3.63, 3.8) is 0 Å². The minimum Gasteiger partial charge on any atom is -0.279 e. The van der Waals surface area contributed by atoms with E-state index in [4.69, 9.17) is 34.8 Å². The van der Waals surface area contributed by atoms with Crippen LogP contribution in [0.3, 0.4) is 0 Å². The maximum Gasteiger partial charge on any atom is 0.262 e. The van der Waals surface area contributed by atoms with Gasteiger partial charge < -0.3 is 0 Å². The molecular formula is C45H48Cl3N3O6S3. The van der Waals surface area contributed by atoms with Crippen LogP contribution in [0.25, 0.3) is 0 Å². The third kappa shape index (κ3) is 13.0. The fourth-order valence-corrected chi connectivity index (χ4v) is 10.6. The molecule has 0 radical (unpaired) electrons. The SMILES string of the molecule is Cc1ccc(C)c(NS(=O)(=O)c2ccc(Cl)cc2C)c1.Cc1ccc(C)c(NS(=O)(=O)c2ccc(Cl)cc2C)c1.Cc1ccc(C)c(NS(=O)(=O)c2ccc(Cl)cc2C)c1. The van der Waals surface area contributed by atoms with Crippen molar-refractivity contribution in [3.05, 3.63) is 174 Å². The lowest BCUT2D eigenvalue weighted by atomic mass is 10.1. The summed E-state index contributed by atoms with van der Waals surface area (Å²) in [5.74, 6) is 0. The summed E-state index contributed by atoms with van der Waals surface area (Å²) in [4.78, 5) is 0.716. The number of nitrogens with one attached hydrogen (secondary N) is 3. The first kappa shape index (κ1) is 48.1. The molecule has 6 rings (SSSR count). The molecule has 0 spiro atoms. The number of benzene rings is 6. The molecular weight excluding hydrogens is 881 g/mol. The summed E-state index contributed by atoms with van der Waals surface area (Å²) < 4.78 is 82.6. The summed E-state index contributed by atoms with van der Waals surface area (Å²) in [5.41, 5.74) is 9.30. The zero-order valence-electron chi connectivity index (χ0n) is 34.7. The highest BCUT2D eigenvalue weighted by atomic mass is 35.5. The van der Waals surface area contributed by atoms with Gasteiger partial charge in [0.15, 0.2) is 0 Å². The molecule has 6 aromatic carbocycles. The van der Waals surface area contributed by atoms with E-state index >= 15 is 0 Å². The molecule has 0 aliphatic heterocycles. The molecule has 0 bridgehead atoms. The van der Waals surface area contributed by atoms with E-state index in [2.05, 4.69) is 14.2 Å². The predicted molar refractivity (Wildman–Crippen MR) is 249 cm³/mol. The van der Waals surface area contributed by atoms with E-state index in [0.717, 1.165) is 33.4 Å². The average molecular weight is 929 g/mol. The molecule has 0 heterocycles. The second-order valence-electron chi connectivity index (χ2n) is 14.5. The Bertz CT molecular complexity index is 2570. The topological polar surface area (TPSA) is 139 Å². The fraction of sp³-hybridized carbons (Fsp3) is 0.200. The van der Waals surface area contributed by atoms with Crippen LogP contribution >= 0.6 is 34.8 Å². The molecule has 0 fully saturated rings. The summed E-state index contributed by atoms with van der Waals surface area (Å²) >= 11 is 17.6. The van der Waals surface area contributed by atoms with E-state index in [1.807, 2.05) is 96.1 Å². The van der Waals surface area contributed by atoms with Gasteiger partial charge in [0.05, 0.1) is 31.7 Å². The van der Waals surface area contributed by atoms with Gasteiger partial charge in [-0.3, -0.25) is 14.2 Å². The zero-order chi connectivity index (χ0) is 44.7. The Morgan fingerprint density at radius 2 is 0.550 bits per heavy atom. The van der Waals surface area contributed by atoms with Crippen LogP contribution in [0, 0.1) is 62.3 Å². The first-order chi connectivity index (χ1) is 27.9. The quantitative estimate of drug-likeness (QED) is 0.132. The molecule has 60 heavy (non-hydrogen) atoms. The first-order valence-electron chi connectivity index (χ1n) is 18.5. The number of aryl methyl sites for hydroxylation is 9. The van der Waals surface area contributed by atoms with Crippen molar-refractivity contribution in [2.45, 2.75) is 77.0 Å². The molecule has 15 heteroatoms. The highest BCUT2D eigenvalue weighted by Gasteiger charge is 2.20. The van der Waals surface area contributed by atoms with Gasteiger partial charge in [-0.1, -0.05) is 71.2 Å². The second-order valence-corrected chi connectivity index (χ2v) is 20.8. The molecule has 0 aromatic heterocycles. The van der Waals surface area contributed by atoms with Crippen LogP contribution in [-0.4, -0.2) is 25.3 Å². The van der Waals surface area contributed by atoms with Crippen LogP contribution in [0.5, 0.6) is 0 Å². The minimum atomic E-state index is -3.61. The van der Waals surface area contributed by atoms with Crippen molar-refractivity contribution in [1.82, 2.24) is 0 Å². The average Bonchev–Trinajstić information content (AvgIpc) is 3.12. The summed E-state index contributed by atoms with van der Waals surface area (Å²) in [6, 6.07) is 31.2. The molecule has 318 valence electrons. The number of rotatable bonds is 9. The van der Waals surface area contributed by atoms with Gasteiger partial charge in [-0.05, 0) is 185 Å². The van der Waals surface area contributed by atoms with Crippen molar-refractivity contribution < 1.29 is 25.3 Å². The highest BCUT2D eigenvalue weighted by Crippen LogP contribution is 2.27. The summed E-state index contributed by atoms with van der Waals surface area (Å²) in [6.07, 6.45) is 0. The van der Waals surface area contributed by atoms with Gasteiger partial charge in [0.1, 0.15) is 0 Å². The van der Waals surface area contributed by atoms with Crippen LogP contribution in [0.15, 0.2) is 124 Å². The maximum absolute atomic E-state index is 12.4. The minimum absolute atomic E-state index is 0.239. The van der Waals surface area contributed by atoms with Gasteiger partial charge in [0.2, 0.25) is 0 Å². The van der Waals surface area contributed by atoms with E-state index in [-0.39, 0.29) is 14.7 Å². The van der Waals surface area contributed by atoms with Gasteiger partial charge in [-0.15, -0.1) is 0 Å². The van der Waals surface area contributed by atoms with Crippen molar-refractivity contribution in [1.29, 1.82) is 0 Å². The van der Waals surface area contributed by atoms with Crippen LogP contribution < -0.4 is 14.2 Å². The van der Waals surface area contributed by atoms with Crippen LogP contribution in [0.2, 0.25) is 15.1 Å². The molecule has 0 aliphatic rings. The number of sulfonamides is 3. The van der Waals surface area contributed by atoms with Crippen LogP contribution in [0.1, 0.15) is 50.1 Å². The molecule has 6 aromatic rings. The maximum atomic E-state index is 12.4. The third-order valence-electron chi connectivity index (χ3n) is 9.19. The predicted octanol–water partition coefficient (Wildman–Crippen LogP) is 12.2. The number of halogens is 3. The van der Waals surface area contributed by atoms with E-state index in [1.54, 1.807) is 57.2 Å². The summed E-state index contributed by atoms with van der Waals surface area (Å²) in [6.45, 7) is 16.5. The van der Waals surface area contributed by atoms with Crippen molar-refractivity contribution in [3.8, 4) is 0 Å². The van der Waals surface area contributed by atoms with Crippen LogP contribution in [0.4, 0.5) is 17.1 Å².